The van der Waals surface area contributed by atoms with Crippen LogP contribution in [0.1, 0.15) is 11.1 Å². The van der Waals surface area contributed by atoms with E-state index >= 15 is 0 Å². The molecule has 0 saturated heterocycles. The minimum absolute atomic E-state index is 0. The molecular weight excluding hydrogens is 390 g/mol. The third-order valence-corrected chi connectivity index (χ3v) is 3.82. The molecule has 0 aliphatic heterocycles. The van der Waals surface area contributed by atoms with E-state index < -0.39 is 0 Å². The van der Waals surface area contributed by atoms with Crippen LogP contribution in [0.2, 0.25) is 0 Å². The first-order valence-electron chi connectivity index (χ1n) is 6.61. The molecule has 4 rings (SSSR count). The summed E-state index contributed by atoms with van der Waals surface area (Å²) in [5.74, 6) is 0. The fraction of sp³-hybridized carbons (Fsp3) is 0.0526. The van der Waals surface area contributed by atoms with Crippen LogP contribution in [0.3, 0.4) is 0 Å². The summed E-state index contributed by atoms with van der Waals surface area (Å²) in [5, 5.41) is 0. The molecular formula is C19H13Cl2Zr. The number of halogens is 2. The first kappa shape index (κ1) is 19.2. The molecule has 3 heteroatoms. The van der Waals surface area contributed by atoms with Gasteiger partial charge in [-0.3, -0.25) is 0 Å². The van der Waals surface area contributed by atoms with E-state index in [1.54, 1.807) is 0 Å². The Labute approximate surface area is 162 Å². The standard InChI is InChI=1S/C19H13.2ClH.Zr/c1-2-7-14(8-3-1)17-12-6-10-16-13-15-9-4-5-11-18(15)19(16)17;;;/h1-9,11-12H,13H2;2*1H;/q-1;;;+3/p-2. The zero-order valence-corrected chi connectivity index (χ0v) is 15.8. The fourth-order valence-electron chi connectivity index (χ4n) is 2.96. The van der Waals surface area contributed by atoms with Crippen molar-refractivity contribution < 1.29 is 51.0 Å². The Kier molecular flexibility index (Phi) is 7.07. The van der Waals surface area contributed by atoms with Gasteiger partial charge in [0, 0.05) is 0 Å². The van der Waals surface area contributed by atoms with Gasteiger partial charge in [-0.1, -0.05) is 65.7 Å². The minimum atomic E-state index is 0. The molecule has 22 heavy (non-hydrogen) atoms. The van der Waals surface area contributed by atoms with Crippen molar-refractivity contribution in [3.63, 3.8) is 0 Å². The monoisotopic (exact) mass is 401 g/mol. The molecule has 0 nitrogen and oxygen atoms in total. The van der Waals surface area contributed by atoms with Gasteiger partial charge >= 0.3 is 26.2 Å². The average molecular weight is 403 g/mol. The summed E-state index contributed by atoms with van der Waals surface area (Å²) in [4.78, 5) is 0. The summed E-state index contributed by atoms with van der Waals surface area (Å²) >= 11 is 0. The van der Waals surface area contributed by atoms with Crippen molar-refractivity contribution in [2.45, 2.75) is 6.42 Å². The molecule has 1 aliphatic rings. The fourth-order valence-corrected chi connectivity index (χ4v) is 2.96. The Balaban J connectivity index is 0.000000807. The van der Waals surface area contributed by atoms with Crippen molar-refractivity contribution in [3.8, 4) is 22.3 Å². The number of hydrogen-bond acceptors (Lipinski definition) is 0. The Morgan fingerprint density at radius 1 is 0.727 bits per heavy atom. The predicted octanol–water partition coefficient (Wildman–Crippen LogP) is -1.27. The summed E-state index contributed by atoms with van der Waals surface area (Å²) < 4.78 is 0. The van der Waals surface area contributed by atoms with E-state index in [4.69, 9.17) is 0 Å². The van der Waals surface area contributed by atoms with E-state index in [1.165, 1.54) is 33.4 Å². The number of hydrogen-bond donors (Lipinski definition) is 0. The van der Waals surface area contributed by atoms with E-state index in [2.05, 4.69) is 66.7 Å². The van der Waals surface area contributed by atoms with Gasteiger partial charge in [0.25, 0.3) is 0 Å². The Hall–Kier alpha value is -0.877. The van der Waals surface area contributed by atoms with Crippen molar-refractivity contribution in [3.05, 3.63) is 83.9 Å². The first-order valence-corrected chi connectivity index (χ1v) is 6.61. The molecule has 0 unspecified atom stereocenters. The second kappa shape index (κ2) is 8.11. The van der Waals surface area contributed by atoms with Crippen LogP contribution in [0.5, 0.6) is 0 Å². The molecule has 0 saturated carbocycles. The number of benzene rings is 3. The molecule has 3 aromatic rings. The Bertz CT molecular complexity index is 754. The summed E-state index contributed by atoms with van der Waals surface area (Å²) in [6.07, 6.45) is 1.01. The second-order valence-corrected chi connectivity index (χ2v) is 4.94. The van der Waals surface area contributed by atoms with E-state index in [1.807, 2.05) is 6.07 Å². The minimum Gasteiger partial charge on any atom is -1.00 e. The van der Waals surface area contributed by atoms with Gasteiger partial charge in [-0.25, -0.2) is 0 Å². The van der Waals surface area contributed by atoms with Gasteiger partial charge in [0.05, 0.1) is 0 Å². The zero-order valence-electron chi connectivity index (χ0n) is 11.8. The molecule has 0 N–H and O–H groups in total. The van der Waals surface area contributed by atoms with E-state index in [0.717, 1.165) is 6.42 Å². The molecule has 107 valence electrons. The van der Waals surface area contributed by atoms with E-state index in [9.17, 15) is 0 Å². The van der Waals surface area contributed by atoms with E-state index in [-0.39, 0.29) is 51.0 Å². The molecule has 0 heterocycles. The van der Waals surface area contributed by atoms with Crippen LogP contribution < -0.4 is 24.8 Å². The van der Waals surface area contributed by atoms with Gasteiger partial charge in [0.1, 0.15) is 0 Å². The molecule has 0 spiro atoms. The predicted molar refractivity (Wildman–Crippen MR) is 79.0 cm³/mol. The van der Waals surface area contributed by atoms with Crippen LogP contribution in [0, 0.1) is 6.07 Å². The molecule has 1 aliphatic carbocycles. The summed E-state index contributed by atoms with van der Waals surface area (Å²) in [6.45, 7) is 0. The van der Waals surface area contributed by atoms with Gasteiger partial charge < -0.3 is 24.8 Å². The van der Waals surface area contributed by atoms with Crippen LogP contribution >= 0.6 is 0 Å². The molecule has 0 bridgehead atoms. The van der Waals surface area contributed by atoms with Gasteiger partial charge in [-0.2, -0.15) is 18.2 Å². The van der Waals surface area contributed by atoms with Gasteiger partial charge in [-0.05, 0) is 12.0 Å². The number of rotatable bonds is 1. The summed E-state index contributed by atoms with van der Waals surface area (Å²) in [5.41, 5.74) is 8.07. The van der Waals surface area contributed by atoms with Crippen LogP contribution in [-0.4, -0.2) is 0 Å². The smallest absolute Gasteiger partial charge is 1.00 e. The maximum absolute atomic E-state index is 3.41. The van der Waals surface area contributed by atoms with Crippen molar-refractivity contribution in [1.29, 1.82) is 0 Å². The van der Waals surface area contributed by atoms with Gasteiger partial charge in [0.2, 0.25) is 0 Å². The van der Waals surface area contributed by atoms with Gasteiger partial charge in [0.15, 0.2) is 0 Å². The van der Waals surface area contributed by atoms with Crippen LogP contribution in [0.25, 0.3) is 22.3 Å². The van der Waals surface area contributed by atoms with Crippen molar-refractivity contribution in [2.75, 3.05) is 0 Å². The van der Waals surface area contributed by atoms with Crippen LogP contribution in [0.15, 0.2) is 66.7 Å². The Morgan fingerprint density at radius 3 is 2.18 bits per heavy atom. The molecule has 3 aromatic carbocycles. The maximum atomic E-state index is 3.41. The first-order chi connectivity index (χ1) is 9.43. The van der Waals surface area contributed by atoms with E-state index in [0.29, 0.717) is 0 Å². The third-order valence-electron chi connectivity index (χ3n) is 3.82. The molecule has 0 fully saturated rings. The second-order valence-electron chi connectivity index (χ2n) is 4.94. The van der Waals surface area contributed by atoms with Crippen molar-refractivity contribution >= 4 is 0 Å². The third kappa shape index (κ3) is 3.23. The van der Waals surface area contributed by atoms with Crippen LogP contribution in [0.4, 0.5) is 0 Å². The summed E-state index contributed by atoms with van der Waals surface area (Å²) in [6, 6.07) is 26.9. The Morgan fingerprint density at radius 2 is 1.41 bits per heavy atom. The normalized spacial score (nSPS) is 10.4. The largest absolute Gasteiger partial charge is 3.00 e. The quantitative estimate of drug-likeness (QED) is 0.348. The number of fused-ring (bicyclic) bond motifs is 3. The zero-order chi connectivity index (χ0) is 12.7. The summed E-state index contributed by atoms with van der Waals surface area (Å²) in [7, 11) is 0. The molecule has 0 atom stereocenters. The maximum Gasteiger partial charge on any atom is 3.00 e. The van der Waals surface area contributed by atoms with Crippen molar-refractivity contribution in [1.82, 2.24) is 0 Å². The molecule has 1 radical (unpaired) electrons. The van der Waals surface area contributed by atoms with Crippen LogP contribution in [-0.2, 0) is 32.6 Å². The van der Waals surface area contributed by atoms with Gasteiger partial charge in [-0.15, -0.1) is 16.7 Å². The average Bonchev–Trinajstić information content (AvgIpc) is 2.86. The SMILES string of the molecule is [Cl-].[Cl-].[Zr+3].[c-]1ccc(-c2ccccc2)c2c1Cc1ccccc1-2. The molecule has 0 aromatic heterocycles. The molecule has 0 amide bonds. The topological polar surface area (TPSA) is 0 Å². The van der Waals surface area contributed by atoms with Crippen molar-refractivity contribution in [2.24, 2.45) is 0 Å².